The number of carbonyl (C=O) groups excluding carboxylic acids is 2. The van der Waals surface area contributed by atoms with E-state index in [2.05, 4.69) is 15.4 Å². The Kier molecular flexibility index (Phi) is 5.35. The van der Waals surface area contributed by atoms with Crippen molar-refractivity contribution in [3.63, 3.8) is 0 Å². The van der Waals surface area contributed by atoms with Crippen molar-refractivity contribution < 1.29 is 23.1 Å². The summed E-state index contributed by atoms with van der Waals surface area (Å²) in [5, 5.41) is 4.89. The molecule has 0 fully saturated rings. The van der Waals surface area contributed by atoms with Crippen molar-refractivity contribution in [3.05, 3.63) is 42.4 Å². The van der Waals surface area contributed by atoms with Gasteiger partial charge in [0.25, 0.3) is 0 Å². The number of anilines is 1. The van der Waals surface area contributed by atoms with Gasteiger partial charge in [0.2, 0.25) is 0 Å². The van der Waals surface area contributed by atoms with Gasteiger partial charge in [0.15, 0.2) is 0 Å². The van der Waals surface area contributed by atoms with Crippen LogP contribution in [-0.4, -0.2) is 25.7 Å². The van der Waals surface area contributed by atoms with Crippen LogP contribution in [0.2, 0.25) is 0 Å². The molecule has 0 saturated carbocycles. The van der Waals surface area contributed by atoms with Crippen molar-refractivity contribution in [2.45, 2.75) is 6.92 Å². The second kappa shape index (κ2) is 7.44. The summed E-state index contributed by atoms with van der Waals surface area (Å²) in [5.41, 5.74) is 0.650. The third-order valence-electron chi connectivity index (χ3n) is 3.19. The van der Waals surface area contributed by atoms with E-state index < -0.39 is 23.7 Å². The monoisotopic (exact) mass is 320 g/mol. The molecule has 2 amide bonds. The van der Waals surface area contributed by atoms with Crippen LogP contribution in [0.1, 0.15) is 6.92 Å². The molecule has 1 aromatic carbocycles. The Bertz CT molecular complexity index is 685. The van der Waals surface area contributed by atoms with Gasteiger partial charge >= 0.3 is 12.0 Å². The first kappa shape index (κ1) is 16.5. The predicted molar refractivity (Wildman–Crippen MR) is 82.3 cm³/mol. The number of hydrogen-bond donors (Lipinski definition) is 2. The minimum absolute atomic E-state index is 0.0159. The van der Waals surface area contributed by atoms with Gasteiger partial charge in [0, 0.05) is 12.1 Å². The van der Waals surface area contributed by atoms with Gasteiger partial charge in [-0.05, 0) is 30.3 Å². The highest BCUT2D eigenvalue weighted by atomic mass is 19.1. The third kappa shape index (κ3) is 4.32. The van der Waals surface area contributed by atoms with Gasteiger partial charge in [-0.3, -0.25) is 4.79 Å². The molecule has 0 aliphatic rings. The molecule has 2 aromatic rings. The molecule has 6 nitrogen and oxygen atoms in total. The molecule has 1 aromatic heterocycles. The van der Waals surface area contributed by atoms with E-state index >= 15 is 0 Å². The molecular formula is C16H17FN2O4. The molecule has 23 heavy (non-hydrogen) atoms. The number of furan rings is 1. The summed E-state index contributed by atoms with van der Waals surface area (Å²) in [7, 11) is 1.27. The number of amides is 2. The summed E-state index contributed by atoms with van der Waals surface area (Å²) < 4.78 is 23.6. The van der Waals surface area contributed by atoms with Gasteiger partial charge in [-0.2, -0.15) is 0 Å². The van der Waals surface area contributed by atoms with Gasteiger partial charge in [0.05, 0.1) is 25.0 Å². The lowest BCUT2D eigenvalue weighted by atomic mass is 10.1. The van der Waals surface area contributed by atoms with Gasteiger partial charge in [-0.25, -0.2) is 9.18 Å². The van der Waals surface area contributed by atoms with Crippen LogP contribution in [0.5, 0.6) is 0 Å². The number of rotatable bonds is 5. The molecule has 1 heterocycles. The van der Waals surface area contributed by atoms with Crippen molar-refractivity contribution in [1.82, 2.24) is 5.32 Å². The van der Waals surface area contributed by atoms with Gasteiger partial charge in [-0.1, -0.05) is 6.92 Å². The normalized spacial score (nSPS) is 11.6. The quantitative estimate of drug-likeness (QED) is 0.830. The number of hydrogen-bond acceptors (Lipinski definition) is 4. The van der Waals surface area contributed by atoms with Crippen molar-refractivity contribution in [2.75, 3.05) is 19.0 Å². The van der Waals surface area contributed by atoms with E-state index in [0.717, 1.165) is 0 Å². The van der Waals surface area contributed by atoms with E-state index in [4.69, 9.17) is 4.42 Å². The molecule has 122 valence electrons. The average molecular weight is 320 g/mol. The van der Waals surface area contributed by atoms with E-state index in [9.17, 15) is 14.0 Å². The molecule has 2 N–H and O–H groups in total. The lowest BCUT2D eigenvalue weighted by Gasteiger charge is -2.12. The fourth-order valence-corrected chi connectivity index (χ4v) is 1.91. The molecule has 0 aliphatic carbocycles. The highest BCUT2D eigenvalue weighted by Gasteiger charge is 2.15. The Morgan fingerprint density at radius 3 is 2.78 bits per heavy atom. The van der Waals surface area contributed by atoms with Crippen LogP contribution in [-0.2, 0) is 9.53 Å². The lowest BCUT2D eigenvalue weighted by molar-refractivity contribution is -0.144. The number of carbonyl (C=O) groups is 2. The van der Waals surface area contributed by atoms with Crippen LogP contribution in [0.4, 0.5) is 14.9 Å². The van der Waals surface area contributed by atoms with E-state index in [1.807, 2.05) is 0 Å². The Hall–Kier alpha value is -2.83. The smallest absolute Gasteiger partial charge is 0.319 e. The summed E-state index contributed by atoms with van der Waals surface area (Å²) in [6.45, 7) is 1.70. The van der Waals surface area contributed by atoms with Crippen molar-refractivity contribution in [1.29, 1.82) is 0 Å². The number of methoxy groups -OCH3 is 1. The van der Waals surface area contributed by atoms with Crippen LogP contribution in [0.3, 0.4) is 0 Å². The zero-order valence-electron chi connectivity index (χ0n) is 12.8. The van der Waals surface area contributed by atoms with Crippen LogP contribution < -0.4 is 10.6 Å². The van der Waals surface area contributed by atoms with Crippen LogP contribution in [0.25, 0.3) is 11.3 Å². The number of urea groups is 1. The van der Waals surface area contributed by atoms with Crippen LogP contribution >= 0.6 is 0 Å². The molecule has 0 radical (unpaired) electrons. The van der Waals surface area contributed by atoms with E-state index in [0.29, 0.717) is 11.3 Å². The molecule has 1 atom stereocenters. The first-order valence-electron chi connectivity index (χ1n) is 6.97. The summed E-state index contributed by atoms with van der Waals surface area (Å²) in [4.78, 5) is 23.1. The molecule has 2 rings (SSSR count). The molecule has 0 aliphatic heterocycles. The van der Waals surface area contributed by atoms with E-state index in [-0.39, 0.29) is 12.2 Å². The number of benzene rings is 1. The minimum Gasteiger partial charge on any atom is -0.469 e. The summed E-state index contributed by atoms with van der Waals surface area (Å²) in [5.74, 6) is -0.939. The highest BCUT2D eigenvalue weighted by Crippen LogP contribution is 2.25. The maximum absolute atomic E-state index is 13.8. The number of esters is 1. The molecule has 7 heteroatoms. The fourth-order valence-electron chi connectivity index (χ4n) is 1.91. The largest absolute Gasteiger partial charge is 0.469 e. The maximum atomic E-state index is 13.8. The number of halogens is 1. The zero-order valence-corrected chi connectivity index (χ0v) is 12.8. The fraction of sp³-hybridized carbons (Fsp3) is 0.250. The summed E-state index contributed by atoms with van der Waals surface area (Å²) >= 11 is 0. The Morgan fingerprint density at radius 2 is 2.13 bits per heavy atom. The Morgan fingerprint density at radius 1 is 1.35 bits per heavy atom. The molecular weight excluding hydrogens is 303 g/mol. The number of ether oxygens (including phenoxy) is 1. The van der Waals surface area contributed by atoms with Crippen molar-refractivity contribution in [2.24, 2.45) is 5.92 Å². The van der Waals surface area contributed by atoms with Gasteiger partial charge in [-0.15, -0.1) is 0 Å². The van der Waals surface area contributed by atoms with Crippen molar-refractivity contribution in [3.8, 4) is 11.3 Å². The zero-order chi connectivity index (χ0) is 16.8. The topological polar surface area (TPSA) is 80.6 Å². The molecule has 0 unspecified atom stereocenters. The average Bonchev–Trinajstić information content (AvgIpc) is 3.08. The van der Waals surface area contributed by atoms with E-state index in [1.165, 1.54) is 25.5 Å². The summed E-state index contributed by atoms with van der Waals surface area (Å²) in [6.07, 6.45) is 1.51. The van der Waals surface area contributed by atoms with Crippen LogP contribution in [0.15, 0.2) is 41.0 Å². The molecule has 0 bridgehead atoms. The molecule has 0 spiro atoms. The third-order valence-corrected chi connectivity index (χ3v) is 3.19. The summed E-state index contributed by atoms with van der Waals surface area (Å²) in [6, 6.07) is 7.09. The van der Waals surface area contributed by atoms with Crippen LogP contribution in [0, 0.1) is 11.7 Å². The number of nitrogens with one attached hydrogen (secondary N) is 2. The maximum Gasteiger partial charge on any atom is 0.319 e. The lowest BCUT2D eigenvalue weighted by Crippen LogP contribution is -2.35. The Balaban J connectivity index is 2.00. The molecule has 0 saturated heterocycles. The van der Waals surface area contributed by atoms with Gasteiger partial charge in [0.1, 0.15) is 11.6 Å². The standard InChI is InChI=1S/C16H17FN2O4/c1-10(15(20)22-2)9-18-16(21)19-13-8-11(5-6-12(13)17)14-4-3-7-23-14/h3-8,10H,9H2,1-2H3,(H2,18,19,21)/t10-/m1/s1. The highest BCUT2D eigenvalue weighted by molar-refractivity contribution is 5.90. The Labute approximate surface area is 132 Å². The van der Waals surface area contributed by atoms with Gasteiger partial charge < -0.3 is 19.8 Å². The SMILES string of the molecule is COC(=O)[C@H](C)CNC(=O)Nc1cc(-c2ccco2)ccc1F. The van der Waals surface area contributed by atoms with E-state index in [1.54, 1.807) is 25.1 Å². The second-order valence-electron chi connectivity index (χ2n) is 4.93. The predicted octanol–water partition coefficient (Wildman–Crippen LogP) is 3.02. The first-order valence-corrected chi connectivity index (χ1v) is 6.97. The van der Waals surface area contributed by atoms with Crippen molar-refractivity contribution >= 4 is 17.7 Å². The minimum atomic E-state index is -0.615. The first-order chi connectivity index (χ1) is 11.0. The second-order valence-corrected chi connectivity index (χ2v) is 4.93.